The van der Waals surface area contributed by atoms with Crippen molar-refractivity contribution in [1.29, 1.82) is 0 Å². The van der Waals surface area contributed by atoms with Crippen LogP contribution < -0.4 is 4.74 Å². The number of carbonyl (C=O) groups excluding carboxylic acids is 1. The van der Waals surface area contributed by atoms with Gasteiger partial charge in [0.1, 0.15) is 17.9 Å². The van der Waals surface area contributed by atoms with Gasteiger partial charge in [-0.15, -0.1) is 0 Å². The summed E-state index contributed by atoms with van der Waals surface area (Å²) in [5, 5.41) is 1.38. The molecule has 2 aromatic heterocycles. The van der Waals surface area contributed by atoms with Crippen LogP contribution >= 0.6 is 27.5 Å². The number of pyridine rings is 1. The van der Waals surface area contributed by atoms with Crippen molar-refractivity contribution in [2.75, 3.05) is 0 Å². The maximum absolute atomic E-state index is 13.5. The summed E-state index contributed by atoms with van der Waals surface area (Å²) < 4.78 is 12.9. The third kappa shape index (κ3) is 3.45. The number of hydrogen-bond donors (Lipinski definition) is 0. The number of ketones is 1. The lowest BCUT2D eigenvalue weighted by Crippen LogP contribution is -2.08. The standard InChI is InChI=1S/C27H15BrClNO3/c28-17-8-12-23-20(13-17)24(27(33-23)26(31)15-5-9-18(29)10-6-15)21-11-7-16-14-32-22-4-2-1-3-19(22)25(16)30-21/h1-13H,14H2. The molecule has 0 aliphatic carbocycles. The summed E-state index contributed by atoms with van der Waals surface area (Å²) in [6.07, 6.45) is 0. The van der Waals surface area contributed by atoms with Crippen LogP contribution in [-0.2, 0) is 6.61 Å². The Hall–Kier alpha value is -3.41. The first-order chi connectivity index (χ1) is 16.1. The molecule has 160 valence electrons. The number of nitrogens with zero attached hydrogens (tertiary/aromatic N) is 1. The monoisotopic (exact) mass is 515 g/mol. The van der Waals surface area contributed by atoms with Crippen molar-refractivity contribution in [1.82, 2.24) is 4.98 Å². The van der Waals surface area contributed by atoms with Crippen LogP contribution in [0.25, 0.3) is 33.5 Å². The lowest BCUT2D eigenvalue weighted by atomic mass is 9.98. The molecule has 0 N–H and O–H groups in total. The Bertz CT molecular complexity index is 1560. The Labute approximate surface area is 202 Å². The van der Waals surface area contributed by atoms with Gasteiger partial charge in [-0.05, 0) is 60.7 Å². The molecule has 0 radical (unpaired) electrons. The van der Waals surface area contributed by atoms with Crippen molar-refractivity contribution in [3.05, 3.63) is 105 Å². The van der Waals surface area contributed by atoms with Crippen molar-refractivity contribution in [2.24, 2.45) is 0 Å². The molecule has 6 rings (SSSR count). The summed E-state index contributed by atoms with van der Waals surface area (Å²) in [5.41, 5.74) is 5.22. The Morgan fingerprint density at radius 3 is 2.64 bits per heavy atom. The molecule has 4 nitrogen and oxygen atoms in total. The number of benzene rings is 3. The number of halogens is 2. The smallest absolute Gasteiger partial charge is 0.228 e. The number of aromatic nitrogens is 1. The molecule has 0 fully saturated rings. The van der Waals surface area contributed by atoms with Crippen molar-refractivity contribution in [3.8, 4) is 28.3 Å². The summed E-state index contributed by atoms with van der Waals surface area (Å²) >= 11 is 9.56. The number of hydrogen-bond acceptors (Lipinski definition) is 4. The Morgan fingerprint density at radius 1 is 0.970 bits per heavy atom. The number of fused-ring (bicyclic) bond motifs is 4. The number of ether oxygens (including phenoxy) is 1. The van der Waals surface area contributed by atoms with Gasteiger partial charge in [-0.25, -0.2) is 4.98 Å². The SMILES string of the molecule is O=C(c1ccc(Cl)cc1)c1oc2ccc(Br)cc2c1-c1ccc2c(n1)-c1ccccc1OC2. The van der Waals surface area contributed by atoms with Crippen molar-refractivity contribution in [2.45, 2.75) is 6.61 Å². The second-order valence-electron chi connectivity index (χ2n) is 7.77. The first-order valence-corrected chi connectivity index (χ1v) is 11.5. The van der Waals surface area contributed by atoms with Crippen LogP contribution in [0.4, 0.5) is 0 Å². The Balaban J connectivity index is 1.58. The van der Waals surface area contributed by atoms with Gasteiger partial charge in [0.15, 0.2) is 5.76 Å². The van der Waals surface area contributed by atoms with Gasteiger partial charge < -0.3 is 9.15 Å². The largest absolute Gasteiger partial charge is 0.488 e. The highest BCUT2D eigenvalue weighted by Crippen LogP contribution is 2.41. The molecule has 0 saturated carbocycles. The molecule has 1 aliphatic rings. The molecule has 3 heterocycles. The van der Waals surface area contributed by atoms with Crippen molar-refractivity contribution < 1.29 is 13.9 Å². The van der Waals surface area contributed by atoms with Gasteiger partial charge in [-0.3, -0.25) is 4.79 Å². The Morgan fingerprint density at radius 2 is 1.79 bits per heavy atom. The van der Waals surface area contributed by atoms with Crippen LogP contribution in [0.15, 0.2) is 87.8 Å². The summed E-state index contributed by atoms with van der Waals surface area (Å²) in [6.45, 7) is 0.452. The van der Waals surface area contributed by atoms with Crippen molar-refractivity contribution >= 4 is 44.3 Å². The van der Waals surface area contributed by atoms with E-state index in [1.165, 1.54) is 0 Å². The van der Waals surface area contributed by atoms with E-state index < -0.39 is 0 Å². The summed E-state index contributed by atoms with van der Waals surface area (Å²) in [7, 11) is 0. The highest BCUT2D eigenvalue weighted by Gasteiger charge is 2.26. The van der Waals surface area contributed by atoms with Gasteiger partial charge in [-0.1, -0.05) is 45.7 Å². The minimum atomic E-state index is -0.225. The first-order valence-electron chi connectivity index (χ1n) is 10.3. The normalized spacial score (nSPS) is 12.2. The van der Waals surface area contributed by atoms with E-state index in [1.807, 2.05) is 54.6 Å². The third-order valence-corrected chi connectivity index (χ3v) is 6.47. The molecule has 0 amide bonds. The zero-order chi connectivity index (χ0) is 22.5. The molecule has 0 bridgehead atoms. The van der Waals surface area contributed by atoms with Crippen LogP contribution in [0.1, 0.15) is 21.7 Å². The minimum Gasteiger partial charge on any atom is -0.488 e. The molecule has 1 aliphatic heterocycles. The summed E-state index contributed by atoms with van der Waals surface area (Å²) in [5.74, 6) is 0.822. The number of rotatable bonds is 3. The van der Waals surface area contributed by atoms with Crippen LogP contribution in [0.2, 0.25) is 5.02 Å². The molecule has 0 spiro atoms. The average molecular weight is 517 g/mol. The van der Waals surface area contributed by atoms with E-state index in [-0.39, 0.29) is 11.5 Å². The van der Waals surface area contributed by atoms with E-state index in [2.05, 4.69) is 15.9 Å². The maximum Gasteiger partial charge on any atom is 0.228 e. The molecule has 33 heavy (non-hydrogen) atoms. The average Bonchev–Trinajstić information content (AvgIpc) is 3.22. The second kappa shape index (κ2) is 7.87. The van der Waals surface area contributed by atoms with Gasteiger partial charge in [0.05, 0.1) is 17.0 Å². The molecule has 0 unspecified atom stereocenters. The zero-order valence-electron chi connectivity index (χ0n) is 17.1. The fraction of sp³-hybridized carbons (Fsp3) is 0.0370. The van der Waals surface area contributed by atoms with Gasteiger partial charge in [0.2, 0.25) is 5.78 Å². The Kier molecular flexibility index (Phi) is 4.82. The molecule has 0 saturated heterocycles. The number of para-hydroxylation sites is 1. The molecular formula is C27H15BrClNO3. The molecule has 3 aromatic carbocycles. The molecule has 5 aromatic rings. The van der Waals surface area contributed by atoms with Crippen LogP contribution in [-0.4, -0.2) is 10.8 Å². The van der Waals surface area contributed by atoms with Crippen LogP contribution in [0, 0.1) is 0 Å². The van der Waals surface area contributed by atoms with Gasteiger partial charge in [0.25, 0.3) is 0 Å². The lowest BCUT2D eigenvalue weighted by molar-refractivity contribution is 0.101. The summed E-state index contributed by atoms with van der Waals surface area (Å²) in [4.78, 5) is 18.5. The number of furan rings is 1. The quantitative estimate of drug-likeness (QED) is 0.231. The molecule has 6 heteroatoms. The van der Waals surface area contributed by atoms with Gasteiger partial charge >= 0.3 is 0 Å². The second-order valence-corrected chi connectivity index (χ2v) is 9.12. The zero-order valence-corrected chi connectivity index (χ0v) is 19.5. The van der Waals surface area contributed by atoms with Gasteiger partial charge in [0, 0.05) is 31.6 Å². The van der Waals surface area contributed by atoms with Crippen LogP contribution in [0.5, 0.6) is 5.75 Å². The van der Waals surface area contributed by atoms with E-state index in [0.717, 1.165) is 32.4 Å². The fourth-order valence-corrected chi connectivity index (χ4v) is 4.62. The van der Waals surface area contributed by atoms with E-state index in [4.69, 9.17) is 25.7 Å². The highest BCUT2D eigenvalue weighted by molar-refractivity contribution is 9.10. The molecule has 0 atom stereocenters. The van der Waals surface area contributed by atoms with E-state index in [0.29, 0.717) is 34.0 Å². The molecular weight excluding hydrogens is 502 g/mol. The summed E-state index contributed by atoms with van der Waals surface area (Å²) in [6, 6.07) is 24.2. The highest BCUT2D eigenvalue weighted by atomic mass is 79.9. The lowest BCUT2D eigenvalue weighted by Gasteiger charge is -2.20. The van der Waals surface area contributed by atoms with Crippen LogP contribution in [0.3, 0.4) is 0 Å². The van der Waals surface area contributed by atoms with Gasteiger partial charge in [-0.2, -0.15) is 0 Å². The first kappa shape index (κ1) is 20.2. The number of carbonyl (C=O) groups is 1. The van der Waals surface area contributed by atoms with E-state index in [1.54, 1.807) is 24.3 Å². The third-order valence-electron chi connectivity index (χ3n) is 5.72. The minimum absolute atomic E-state index is 0.225. The van der Waals surface area contributed by atoms with E-state index >= 15 is 0 Å². The maximum atomic E-state index is 13.5. The predicted octanol–water partition coefficient (Wildman–Crippen LogP) is 7.70. The van der Waals surface area contributed by atoms with Crippen molar-refractivity contribution in [3.63, 3.8) is 0 Å². The topological polar surface area (TPSA) is 52.3 Å². The predicted molar refractivity (Wildman–Crippen MR) is 132 cm³/mol. The van der Waals surface area contributed by atoms with E-state index in [9.17, 15) is 4.79 Å². The fourth-order valence-electron chi connectivity index (χ4n) is 4.14.